The van der Waals surface area contributed by atoms with Gasteiger partial charge in [-0.2, -0.15) is 4.98 Å². The van der Waals surface area contributed by atoms with Crippen molar-refractivity contribution >= 4 is 28.9 Å². The molecule has 0 aromatic carbocycles. The molecular formula is C14H10ClF2N5O4. The summed E-state index contributed by atoms with van der Waals surface area (Å²) in [5.41, 5.74) is 0.263. The number of carbonyl (C=O) groups is 1. The maximum atomic E-state index is 12.4. The summed E-state index contributed by atoms with van der Waals surface area (Å²) in [7, 11) is 1.45. The van der Waals surface area contributed by atoms with Crippen molar-refractivity contribution < 1.29 is 28.2 Å². The van der Waals surface area contributed by atoms with Crippen LogP contribution in [0.15, 0.2) is 18.5 Å². The van der Waals surface area contributed by atoms with Crippen LogP contribution >= 0.6 is 11.6 Å². The quantitative estimate of drug-likeness (QED) is 0.688. The van der Waals surface area contributed by atoms with Crippen LogP contribution in [-0.4, -0.2) is 48.6 Å². The minimum absolute atomic E-state index is 0.0610. The number of hydrogen-bond acceptors (Lipinski definition) is 7. The first-order chi connectivity index (χ1) is 12.3. The van der Waals surface area contributed by atoms with Crippen LogP contribution in [0.2, 0.25) is 5.02 Å². The summed E-state index contributed by atoms with van der Waals surface area (Å²) < 4.78 is 36.3. The van der Waals surface area contributed by atoms with Crippen LogP contribution < -0.4 is 9.47 Å². The normalized spacial score (nSPS) is 11.1. The third kappa shape index (κ3) is 3.61. The highest BCUT2D eigenvalue weighted by atomic mass is 35.5. The van der Waals surface area contributed by atoms with Crippen molar-refractivity contribution in [2.45, 2.75) is 6.43 Å². The Hall–Kier alpha value is -3.08. The van der Waals surface area contributed by atoms with Crippen LogP contribution in [0, 0.1) is 0 Å². The maximum Gasteiger partial charge on any atom is 0.372 e. The molecule has 0 saturated heterocycles. The van der Waals surface area contributed by atoms with Crippen molar-refractivity contribution in [1.29, 1.82) is 0 Å². The Kier molecular flexibility index (Phi) is 4.80. The predicted molar refractivity (Wildman–Crippen MR) is 84.1 cm³/mol. The average molecular weight is 386 g/mol. The fourth-order valence-corrected chi connectivity index (χ4v) is 2.17. The lowest BCUT2D eigenvalue weighted by molar-refractivity contribution is 0.0680. The maximum absolute atomic E-state index is 12.4. The first-order valence-corrected chi connectivity index (χ1v) is 7.40. The van der Waals surface area contributed by atoms with Crippen LogP contribution in [0.3, 0.4) is 0 Å². The smallest absolute Gasteiger partial charge is 0.372 e. The number of carboxylic acid groups (broad SMARTS) is 1. The summed E-state index contributed by atoms with van der Waals surface area (Å²) in [6.45, 7) is -0.868. The van der Waals surface area contributed by atoms with Crippen molar-refractivity contribution in [1.82, 2.24) is 24.5 Å². The summed E-state index contributed by atoms with van der Waals surface area (Å²) in [5, 5.41) is 9.23. The molecule has 0 bridgehead atoms. The Morgan fingerprint density at radius 1 is 1.35 bits per heavy atom. The minimum Gasteiger partial charge on any atom is -0.482 e. The fourth-order valence-electron chi connectivity index (χ4n) is 2.02. The summed E-state index contributed by atoms with van der Waals surface area (Å²) in [5.74, 6) is -1.80. The van der Waals surface area contributed by atoms with E-state index in [-0.39, 0.29) is 39.7 Å². The Morgan fingerprint density at radius 2 is 2.12 bits per heavy atom. The third-order valence-electron chi connectivity index (χ3n) is 3.10. The summed E-state index contributed by atoms with van der Waals surface area (Å²) in [6.07, 6.45) is -0.263. The molecule has 0 radical (unpaired) electrons. The highest BCUT2D eigenvalue weighted by Gasteiger charge is 2.18. The van der Waals surface area contributed by atoms with E-state index in [1.807, 2.05) is 0 Å². The van der Waals surface area contributed by atoms with E-state index >= 15 is 0 Å². The van der Waals surface area contributed by atoms with Gasteiger partial charge in [-0.25, -0.2) is 28.5 Å². The van der Waals surface area contributed by atoms with E-state index < -0.39 is 19.0 Å². The Bertz CT molecular complexity index is 981. The number of rotatable bonds is 6. The number of alkyl halides is 2. The number of fused-ring (bicyclic) bond motifs is 1. The van der Waals surface area contributed by atoms with Crippen LogP contribution in [0.25, 0.3) is 11.3 Å². The molecule has 0 aliphatic rings. The first kappa shape index (κ1) is 17.7. The topological polar surface area (TPSA) is 112 Å². The van der Waals surface area contributed by atoms with Crippen molar-refractivity contribution in [3.63, 3.8) is 0 Å². The molecule has 0 aliphatic carbocycles. The number of aromatic nitrogens is 5. The van der Waals surface area contributed by atoms with Crippen LogP contribution in [-0.2, 0) is 7.05 Å². The van der Waals surface area contributed by atoms with Crippen molar-refractivity contribution in [2.24, 2.45) is 7.05 Å². The average Bonchev–Trinajstić information content (AvgIpc) is 2.92. The number of ether oxygens (including phenoxy) is 2. The highest BCUT2D eigenvalue weighted by molar-refractivity contribution is 6.30. The molecule has 1 N–H and O–H groups in total. The highest BCUT2D eigenvalue weighted by Crippen LogP contribution is 2.31. The zero-order valence-electron chi connectivity index (χ0n) is 13.1. The summed E-state index contributed by atoms with van der Waals surface area (Å²) in [6, 6.07) is 1.27. The Labute approximate surface area is 149 Å². The monoisotopic (exact) mass is 385 g/mol. The van der Waals surface area contributed by atoms with Gasteiger partial charge < -0.3 is 19.1 Å². The number of halogens is 3. The lowest BCUT2D eigenvalue weighted by Crippen LogP contribution is -2.08. The SMILES string of the molecule is Cn1c(C(=O)O)nc2ncc(Oc3ncc(Cl)cc3OCC(F)F)nc21. The van der Waals surface area contributed by atoms with Crippen molar-refractivity contribution in [3.8, 4) is 17.5 Å². The number of imidazole rings is 1. The first-order valence-electron chi connectivity index (χ1n) is 7.02. The molecule has 26 heavy (non-hydrogen) atoms. The molecule has 0 spiro atoms. The number of aryl methyl sites for hydroxylation is 1. The molecule has 0 amide bonds. The Balaban J connectivity index is 1.93. The predicted octanol–water partition coefficient (Wildman–Crippen LogP) is 2.55. The number of aromatic carboxylic acids is 1. The molecule has 3 heterocycles. The van der Waals surface area contributed by atoms with E-state index in [9.17, 15) is 13.6 Å². The molecule has 3 aromatic heterocycles. The number of carboxylic acids is 1. The van der Waals surface area contributed by atoms with E-state index in [0.717, 1.165) is 0 Å². The van der Waals surface area contributed by atoms with Crippen LogP contribution in [0.4, 0.5) is 8.78 Å². The standard InChI is InChI=1S/C14H10ClF2N5O4/c1-22-11-10(21-12(22)14(23)24)18-4-9(20-11)26-13-7(25-5-8(16)17)2-6(15)3-19-13/h2-4,8H,5H2,1H3,(H,23,24). The largest absolute Gasteiger partial charge is 0.482 e. The van der Waals surface area contributed by atoms with Gasteiger partial charge in [-0.15, -0.1) is 0 Å². The van der Waals surface area contributed by atoms with Gasteiger partial charge >= 0.3 is 5.97 Å². The zero-order valence-corrected chi connectivity index (χ0v) is 13.8. The molecule has 0 saturated carbocycles. The number of pyridine rings is 1. The molecular weight excluding hydrogens is 376 g/mol. The summed E-state index contributed by atoms with van der Waals surface area (Å²) >= 11 is 5.79. The molecule has 0 unspecified atom stereocenters. The van der Waals surface area contributed by atoms with E-state index in [4.69, 9.17) is 26.2 Å². The molecule has 12 heteroatoms. The fraction of sp³-hybridized carbons (Fsp3) is 0.214. The Morgan fingerprint density at radius 3 is 2.81 bits per heavy atom. The molecule has 3 aromatic rings. The molecule has 9 nitrogen and oxygen atoms in total. The number of hydrogen-bond donors (Lipinski definition) is 1. The lowest BCUT2D eigenvalue weighted by Gasteiger charge is -2.10. The molecule has 0 atom stereocenters. The second-order valence-corrected chi connectivity index (χ2v) is 5.35. The van der Waals surface area contributed by atoms with Gasteiger partial charge in [0.2, 0.25) is 11.7 Å². The van der Waals surface area contributed by atoms with E-state index in [1.54, 1.807) is 0 Å². The van der Waals surface area contributed by atoms with E-state index in [0.29, 0.717) is 0 Å². The molecule has 136 valence electrons. The third-order valence-corrected chi connectivity index (χ3v) is 3.31. The van der Waals surface area contributed by atoms with Gasteiger partial charge in [0.15, 0.2) is 17.0 Å². The van der Waals surface area contributed by atoms with Crippen molar-refractivity contribution in [2.75, 3.05) is 6.61 Å². The molecule has 0 aliphatic heterocycles. The van der Waals surface area contributed by atoms with Gasteiger partial charge in [-0.1, -0.05) is 11.6 Å². The van der Waals surface area contributed by atoms with Crippen molar-refractivity contribution in [3.05, 3.63) is 29.3 Å². The second-order valence-electron chi connectivity index (χ2n) is 4.92. The van der Waals surface area contributed by atoms with Gasteiger partial charge in [0.25, 0.3) is 12.3 Å². The van der Waals surface area contributed by atoms with Gasteiger partial charge in [0, 0.05) is 19.3 Å². The van der Waals surface area contributed by atoms with Gasteiger partial charge in [0.05, 0.1) is 11.2 Å². The van der Waals surface area contributed by atoms with Gasteiger partial charge in [0.1, 0.15) is 6.61 Å². The van der Waals surface area contributed by atoms with E-state index in [1.165, 1.54) is 30.1 Å². The van der Waals surface area contributed by atoms with Crippen LogP contribution in [0.1, 0.15) is 10.6 Å². The van der Waals surface area contributed by atoms with E-state index in [2.05, 4.69) is 19.9 Å². The summed E-state index contributed by atoms with van der Waals surface area (Å²) in [4.78, 5) is 26.9. The van der Waals surface area contributed by atoms with Gasteiger partial charge in [-0.05, 0) is 0 Å². The zero-order chi connectivity index (χ0) is 18.8. The molecule has 0 fully saturated rings. The van der Waals surface area contributed by atoms with Gasteiger partial charge in [-0.3, -0.25) is 0 Å². The van der Waals surface area contributed by atoms with Crippen LogP contribution in [0.5, 0.6) is 17.5 Å². The lowest BCUT2D eigenvalue weighted by atomic mass is 10.4. The molecule has 3 rings (SSSR count). The minimum atomic E-state index is -2.69. The second kappa shape index (κ2) is 7.04. The number of nitrogens with zero attached hydrogens (tertiary/aromatic N) is 5.